The molecule has 0 atom stereocenters. The number of alkyl carbamates (subject to hydrolysis) is 4. The van der Waals surface area contributed by atoms with Gasteiger partial charge in [-0.25, -0.2) is 19.2 Å². The van der Waals surface area contributed by atoms with Crippen LogP contribution in [0.4, 0.5) is 19.2 Å². The Balaban J connectivity index is 0.754. The van der Waals surface area contributed by atoms with Crippen molar-refractivity contribution in [1.82, 2.24) is 21.3 Å². The largest absolute Gasteiger partial charge is 0.449 e. The molecular weight excluding hydrogens is 989 g/mol. The van der Waals surface area contributed by atoms with E-state index in [9.17, 15) is 19.2 Å². The van der Waals surface area contributed by atoms with Gasteiger partial charge in [0, 0.05) is 57.2 Å². The molecule has 4 N–H and O–H groups in total. The highest BCUT2D eigenvalue weighted by molar-refractivity contribution is 5.81. The van der Waals surface area contributed by atoms with E-state index in [1.165, 1.54) is 0 Å². The molecule has 15 nitrogen and oxygen atoms in total. The van der Waals surface area contributed by atoms with E-state index in [1.54, 1.807) is 20.8 Å². The first-order chi connectivity index (χ1) is 38.0. The Morgan fingerprint density at radius 1 is 0.385 bits per heavy atom. The number of hydrogen-bond donors (Lipinski definition) is 4. The van der Waals surface area contributed by atoms with Crippen molar-refractivity contribution >= 4 is 24.4 Å². The average molecular weight is 1060 g/mol. The van der Waals surface area contributed by atoms with Crippen LogP contribution in [-0.2, 0) is 33.2 Å². The summed E-state index contributed by atoms with van der Waals surface area (Å²) in [5.41, 5.74) is 11.7. The van der Waals surface area contributed by atoms with Gasteiger partial charge in [-0.2, -0.15) is 0 Å². The lowest BCUT2D eigenvalue weighted by molar-refractivity contribution is -0.0448. The van der Waals surface area contributed by atoms with Gasteiger partial charge < -0.3 is 54.4 Å². The summed E-state index contributed by atoms with van der Waals surface area (Å²) in [5, 5.41) is 11.5. The molecule has 0 radical (unpaired) electrons. The minimum atomic E-state index is -1.23. The quantitative estimate of drug-likeness (QED) is 0.0316. The lowest BCUT2D eigenvalue weighted by Crippen LogP contribution is -2.59. The maximum atomic E-state index is 13.5. The second kappa shape index (κ2) is 26.1. The van der Waals surface area contributed by atoms with Crippen molar-refractivity contribution in [3.05, 3.63) is 179 Å². The maximum absolute atomic E-state index is 13.5. The average Bonchev–Trinajstić information content (AvgIpc) is 4.13. The summed E-state index contributed by atoms with van der Waals surface area (Å²) in [6, 6.07) is 49.1. The number of fused-ring (bicyclic) bond motifs is 9. The van der Waals surface area contributed by atoms with Gasteiger partial charge in [0.05, 0.1) is 19.8 Å². The second-order valence-electron chi connectivity index (χ2n) is 20.9. The minimum absolute atomic E-state index is 0.0345. The van der Waals surface area contributed by atoms with Gasteiger partial charge in [0.25, 0.3) is 0 Å². The number of amides is 4. The van der Waals surface area contributed by atoms with Gasteiger partial charge >= 0.3 is 24.4 Å². The molecule has 6 aromatic rings. The van der Waals surface area contributed by atoms with Crippen LogP contribution >= 0.6 is 0 Å². The van der Waals surface area contributed by atoms with Crippen molar-refractivity contribution in [1.29, 1.82) is 0 Å². The van der Waals surface area contributed by atoms with Crippen molar-refractivity contribution in [2.45, 2.75) is 68.9 Å². The third kappa shape index (κ3) is 13.9. The summed E-state index contributed by atoms with van der Waals surface area (Å²) >= 11 is 0. The predicted octanol–water partition coefficient (Wildman–Crippen LogP) is 11.1. The molecule has 0 unspecified atom stereocenters. The molecule has 0 aromatic heterocycles. The van der Waals surface area contributed by atoms with Crippen molar-refractivity contribution in [2.75, 3.05) is 79.1 Å². The third-order valence-corrected chi connectivity index (χ3v) is 14.1. The normalized spacial score (nSPS) is 13.3. The number of carbonyl (C=O) groups is 4. The Kier molecular flexibility index (Phi) is 18.4. The van der Waals surface area contributed by atoms with E-state index < -0.39 is 35.5 Å². The Labute approximate surface area is 456 Å². The summed E-state index contributed by atoms with van der Waals surface area (Å²) in [6.07, 6.45) is -0.946. The van der Waals surface area contributed by atoms with E-state index in [2.05, 4.69) is 94.1 Å². The first kappa shape index (κ1) is 55.0. The molecule has 3 aliphatic carbocycles. The van der Waals surface area contributed by atoms with Crippen molar-refractivity contribution in [2.24, 2.45) is 0 Å². The van der Waals surface area contributed by atoms with Gasteiger partial charge in [0.1, 0.15) is 31.0 Å². The molecule has 15 heteroatoms. The molecule has 0 bridgehead atoms. The van der Waals surface area contributed by atoms with Crippen LogP contribution in [0.5, 0.6) is 0 Å². The zero-order valence-corrected chi connectivity index (χ0v) is 44.7. The minimum Gasteiger partial charge on any atom is -0.449 e. The van der Waals surface area contributed by atoms with Gasteiger partial charge in [-0.05, 0) is 107 Å². The van der Waals surface area contributed by atoms with Crippen LogP contribution in [0.25, 0.3) is 33.4 Å². The van der Waals surface area contributed by atoms with E-state index in [0.29, 0.717) is 19.3 Å². The monoisotopic (exact) mass is 1060 g/mol. The summed E-state index contributed by atoms with van der Waals surface area (Å²) in [5.74, 6) is -0.176. The molecule has 78 heavy (non-hydrogen) atoms. The maximum Gasteiger partial charge on any atom is 0.408 e. The lowest BCUT2D eigenvalue weighted by Gasteiger charge is -2.35. The zero-order chi connectivity index (χ0) is 54.3. The highest BCUT2D eigenvalue weighted by Crippen LogP contribution is 2.47. The van der Waals surface area contributed by atoms with Crippen molar-refractivity contribution in [3.63, 3.8) is 0 Å². The summed E-state index contributed by atoms with van der Waals surface area (Å²) in [7, 11) is 0. The van der Waals surface area contributed by atoms with Crippen molar-refractivity contribution < 1.29 is 52.3 Å². The first-order valence-electron chi connectivity index (χ1n) is 27.0. The van der Waals surface area contributed by atoms with Crippen LogP contribution < -0.4 is 21.3 Å². The van der Waals surface area contributed by atoms with Crippen LogP contribution in [0.3, 0.4) is 0 Å². The Morgan fingerprint density at radius 2 is 0.641 bits per heavy atom. The van der Waals surface area contributed by atoms with E-state index in [4.69, 9.17) is 33.2 Å². The van der Waals surface area contributed by atoms with Gasteiger partial charge in [-0.3, -0.25) is 0 Å². The van der Waals surface area contributed by atoms with Gasteiger partial charge in [0.2, 0.25) is 0 Å². The molecule has 0 spiro atoms. The molecular formula is C63H70N4O11. The summed E-state index contributed by atoms with van der Waals surface area (Å²) < 4.78 is 41.5. The first-order valence-corrected chi connectivity index (χ1v) is 27.0. The van der Waals surface area contributed by atoms with Crippen LogP contribution in [0.1, 0.15) is 91.2 Å². The fourth-order valence-corrected chi connectivity index (χ4v) is 10.6. The summed E-state index contributed by atoms with van der Waals surface area (Å²) in [6.45, 7) is 7.31. The number of rotatable bonds is 25. The van der Waals surface area contributed by atoms with Gasteiger partial charge in [0.15, 0.2) is 0 Å². The molecule has 9 rings (SSSR count). The molecule has 4 amide bonds. The molecule has 0 saturated carbocycles. The van der Waals surface area contributed by atoms with Crippen LogP contribution in [0, 0.1) is 0 Å². The summed E-state index contributed by atoms with van der Waals surface area (Å²) in [4.78, 5) is 52.3. The van der Waals surface area contributed by atoms with Crippen LogP contribution in [-0.4, -0.2) is 115 Å². The topological polar surface area (TPSA) is 181 Å². The Bertz CT molecular complexity index is 2600. The molecule has 0 heterocycles. The predicted molar refractivity (Wildman–Crippen MR) is 298 cm³/mol. The number of benzene rings is 6. The highest BCUT2D eigenvalue weighted by Gasteiger charge is 2.36. The molecule has 0 fully saturated rings. The molecule has 408 valence electrons. The number of hydrogen-bond acceptors (Lipinski definition) is 11. The fourth-order valence-electron chi connectivity index (χ4n) is 10.6. The molecule has 3 aliphatic rings. The van der Waals surface area contributed by atoms with Gasteiger partial charge in [-0.1, -0.05) is 146 Å². The SMILES string of the molecule is CC(C)(C)OC(=O)NC(COCCCNC(=O)OCC1c2ccccc2-c2ccccc21)(COCCCNC(=O)OCC1c2ccccc2-c2ccccc21)COCCCNC(=O)OCC1c2ccccc2-c2ccccc21. The third-order valence-electron chi connectivity index (χ3n) is 14.1. The fraction of sp³-hybridized carbons (Fsp3) is 0.365. The van der Waals surface area contributed by atoms with Gasteiger partial charge in [-0.15, -0.1) is 0 Å². The van der Waals surface area contributed by atoms with E-state index in [1.807, 2.05) is 72.8 Å². The standard InChI is InChI=1S/C63H70N4O11/c1-62(2,3)78-61(71)67-63(40-72-34-16-31-64-58(68)75-37-55-49-25-10-4-19-43(49)44-20-5-11-26-50(44)55,41-73-35-17-32-65-59(69)76-38-56-51-27-12-6-21-45(51)46-22-7-13-28-52(46)56)42-74-36-18-33-66-60(70)77-39-57-53-29-14-8-23-47(53)48-24-9-15-30-54(48)57/h4-15,19-30,55-57H,16-18,31-42H2,1-3H3,(H,64,68)(H,65,69)(H,66,70)(H,67,71). The smallest absolute Gasteiger partial charge is 0.408 e. The van der Waals surface area contributed by atoms with E-state index in [0.717, 1.165) is 66.8 Å². The highest BCUT2D eigenvalue weighted by atomic mass is 16.6. The molecule has 0 aliphatic heterocycles. The van der Waals surface area contributed by atoms with Crippen molar-refractivity contribution in [3.8, 4) is 33.4 Å². The molecule has 0 saturated heterocycles. The number of nitrogens with one attached hydrogen (secondary N) is 4. The Hall–Kier alpha value is -7.72. The second-order valence-corrected chi connectivity index (χ2v) is 20.9. The Morgan fingerprint density at radius 3 is 0.897 bits per heavy atom. The number of ether oxygens (including phenoxy) is 7. The molecule has 6 aromatic carbocycles. The van der Waals surface area contributed by atoms with E-state index >= 15 is 0 Å². The zero-order valence-electron chi connectivity index (χ0n) is 44.7. The van der Waals surface area contributed by atoms with E-state index in [-0.39, 0.29) is 96.8 Å². The van der Waals surface area contributed by atoms with Crippen LogP contribution in [0.2, 0.25) is 0 Å². The van der Waals surface area contributed by atoms with Crippen LogP contribution in [0.15, 0.2) is 146 Å². The lowest BCUT2D eigenvalue weighted by atomic mass is 9.98. The number of carbonyl (C=O) groups excluding carboxylic acids is 4.